The van der Waals surface area contributed by atoms with E-state index < -0.39 is 0 Å². The lowest BCUT2D eigenvalue weighted by atomic mass is 10.2. The van der Waals surface area contributed by atoms with Crippen molar-refractivity contribution in [3.8, 4) is 5.75 Å². The largest absolute Gasteiger partial charge is 0.497 e. The summed E-state index contributed by atoms with van der Waals surface area (Å²) < 4.78 is 5.13. The number of benzene rings is 1. The van der Waals surface area contributed by atoms with Gasteiger partial charge in [-0.25, -0.2) is 0 Å². The number of hydrogen-bond acceptors (Lipinski definition) is 3. The van der Waals surface area contributed by atoms with Gasteiger partial charge in [-0.3, -0.25) is 0 Å². The molecule has 1 heterocycles. The van der Waals surface area contributed by atoms with E-state index >= 15 is 0 Å². The van der Waals surface area contributed by atoms with Crippen LogP contribution in [0.1, 0.15) is 12.0 Å². The topological polar surface area (TPSA) is 21.3 Å². The molecular weight excluding hydrogens is 242 g/mol. The average Bonchev–Trinajstić information content (AvgIpc) is 2.80. The molecule has 0 saturated carbocycles. The van der Waals surface area contributed by atoms with Crippen molar-refractivity contribution in [2.45, 2.75) is 17.4 Å². The predicted molar refractivity (Wildman–Crippen MR) is 72.8 cm³/mol. The second-order valence-corrected chi connectivity index (χ2v) is 5.06. The van der Waals surface area contributed by atoms with Gasteiger partial charge in [0.25, 0.3) is 0 Å². The average molecular weight is 260 g/mol. The minimum atomic E-state index is 0. The van der Waals surface area contributed by atoms with Crippen LogP contribution in [0.3, 0.4) is 0 Å². The SMILES string of the molecule is COc1ccc(CS[C@H]2CCNC2)cc1.Cl. The Hall–Kier alpha value is -0.380. The fraction of sp³-hybridized carbons (Fsp3) is 0.500. The maximum Gasteiger partial charge on any atom is 0.118 e. The van der Waals surface area contributed by atoms with E-state index in [1.165, 1.54) is 25.1 Å². The van der Waals surface area contributed by atoms with E-state index in [4.69, 9.17) is 4.74 Å². The maximum atomic E-state index is 5.13. The summed E-state index contributed by atoms with van der Waals surface area (Å²) >= 11 is 2.05. The van der Waals surface area contributed by atoms with E-state index in [0.29, 0.717) is 0 Å². The Morgan fingerprint density at radius 1 is 1.38 bits per heavy atom. The van der Waals surface area contributed by atoms with Crippen LogP contribution < -0.4 is 10.1 Å². The van der Waals surface area contributed by atoms with Gasteiger partial charge >= 0.3 is 0 Å². The van der Waals surface area contributed by atoms with Crippen molar-refractivity contribution in [2.75, 3.05) is 20.2 Å². The molecule has 1 aromatic carbocycles. The highest BCUT2D eigenvalue weighted by Gasteiger charge is 2.14. The van der Waals surface area contributed by atoms with Gasteiger partial charge in [0.1, 0.15) is 5.75 Å². The van der Waals surface area contributed by atoms with Gasteiger partial charge in [0.05, 0.1) is 7.11 Å². The van der Waals surface area contributed by atoms with Gasteiger partial charge in [-0.05, 0) is 30.7 Å². The molecule has 1 N–H and O–H groups in total. The summed E-state index contributed by atoms with van der Waals surface area (Å²) in [5, 5.41) is 4.18. The van der Waals surface area contributed by atoms with E-state index in [1.54, 1.807) is 7.11 Å². The predicted octanol–water partition coefficient (Wildman–Crippen LogP) is 2.71. The van der Waals surface area contributed by atoms with Crippen LogP contribution in [0.15, 0.2) is 24.3 Å². The molecule has 1 fully saturated rings. The summed E-state index contributed by atoms with van der Waals surface area (Å²) in [5.74, 6) is 2.04. The van der Waals surface area contributed by atoms with Crippen LogP contribution in [-0.2, 0) is 5.75 Å². The Labute approximate surface area is 108 Å². The van der Waals surface area contributed by atoms with Crippen molar-refractivity contribution < 1.29 is 4.74 Å². The van der Waals surface area contributed by atoms with Gasteiger partial charge in [0, 0.05) is 17.5 Å². The fourth-order valence-electron chi connectivity index (χ4n) is 1.71. The first kappa shape index (κ1) is 13.7. The molecular formula is C12H18ClNOS. The highest BCUT2D eigenvalue weighted by molar-refractivity contribution is 7.99. The molecule has 1 atom stereocenters. The fourth-order valence-corrected chi connectivity index (χ4v) is 2.85. The molecule has 0 amide bonds. The zero-order valence-corrected chi connectivity index (χ0v) is 11.1. The Bertz CT molecular complexity index is 298. The van der Waals surface area contributed by atoms with Crippen LogP contribution in [0.2, 0.25) is 0 Å². The molecule has 0 spiro atoms. The molecule has 2 nitrogen and oxygen atoms in total. The van der Waals surface area contributed by atoms with Gasteiger partial charge in [0.15, 0.2) is 0 Å². The minimum absolute atomic E-state index is 0. The third-order valence-corrected chi connectivity index (χ3v) is 4.03. The summed E-state index contributed by atoms with van der Waals surface area (Å²) in [5.41, 5.74) is 1.38. The first-order valence-corrected chi connectivity index (χ1v) is 6.38. The molecule has 0 radical (unpaired) electrons. The summed E-state index contributed by atoms with van der Waals surface area (Å²) in [6.07, 6.45) is 1.31. The molecule has 0 aliphatic carbocycles. The molecule has 0 unspecified atom stereocenters. The number of thioether (sulfide) groups is 1. The monoisotopic (exact) mass is 259 g/mol. The summed E-state index contributed by atoms with van der Waals surface area (Å²) in [6, 6.07) is 8.36. The van der Waals surface area contributed by atoms with Crippen molar-refractivity contribution in [1.82, 2.24) is 5.32 Å². The van der Waals surface area contributed by atoms with Crippen molar-refractivity contribution >= 4 is 24.2 Å². The number of hydrogen-bond donors (Lipinski definition) is 1. The van der Waals surface area contributed by atoms with E-state index in [9.17, 15) is 0 Å². The summed E-state index contributed by atoms with van der Waals surface area (Å²) in [7, 11) is 1.70. The molecule has 2 rings (SSSR count). The van der Waals surface area contributed by atoms with E-state index in [1.807, 2.05) is 23.9 Å². The second-order valence-electron chi connectivity index (χ2n) is 3.77. The number of ether oxygens (including phenoxy) is 1. The molecule has 1 aliphatic heterocycles. The third-order valence-electron chi connectivity index (χ3n) is 2.66. The molecule has 1 saturated heterocycles. The maximum absolute atomic E-state index is 5.13. The van der Waals surface area contributed by atoms with Gasteiger partial charge in [-0.2, -0.15) is 11.8 Å². The van der Waals surface area contributed by atoms with Gasteiger partial charge in [0.2, 0.25) is 0 Å². The molecule has 90 valence electrons. The molecule has 0 aromatic heterocycles. The number of methoxy groups -OCH3 is 1. The molecule has 1 aliphatic rings. The van der Waals surface area contributed by atoms with Crippen molar-refractivity contribution in [2.24, 2.45) is 0 Å². The standard InChI is InChI=1S/C12H17NOS.ClH/c1-14-11-4-2-10(3-5-11)9-15-12-6-7-13-8-12;/h2-5,12-13H,6-9H2,1H3;1H/t12-;/m0./s1. The highest BCUT2D eigenvalue weighted by Crippen LogP contribution is 2.23. The van der Waals surface area contributed by atoms with E-state index in [2.05, 4.69) is 17.4 Å². The van der Waals surface area contributed by atoms with Crippen molar-refractivity contribution in [3.05, 3.63) is 29.8 Å². The molecule has 1 aromatic rings. The Balaban J connectivity index is 0.00000128. The third kappa shape index (κ3) is 3.89. The number of rotatable bonds is 4. The van der Waals surface area contributed by atoms with E-state index in [-0.39, 0.29) is 12.4 Å². The summed E-state index contributed by atoms with van der Waals surface area (Å²) in [6.45, 7) is 2.35. The van der Waals surface area contributed by atoms with Crippen LogP contribution in [0.4, 0.5) is 0 Å². The van der Waals surface area contributed by atoms with Crippen LogP contribution in [0, 0.1) is 0 Å². The first-order valence-electron chi connectivity index (χ1n) is 5.34. The number of nitrogens with one attached hydrogen (secondary N) is 1. The lowest BCUT2D eigenvalue weighted by Crippen LogP contribution is -2.10. The zero-order valence-electron chi connectivity index (χ0n) is 9.44. The summed E-state index contributed by atoms with van der Waals surface area (Å²) in [4.78, 5) is 0. The zero-order chi connectivity index (χ0) is 10.5. The smallest absolute Gasteiger partial charge is 0.118 e. The van der Waals surface area contributed by atoms with Crippen LogP contribution in [-0.4, -0.2) is 25.4 Å². The molecule has 4 heteroatoms. The normalized spacial score (nSPS) is 19.2. The Morgan fingerprint density at radius 2 is 2.12 bits per heavy atom. The van der Waals surface area contributed by atoms with Crippen LogP contribution >= 0.6 is 24.2 Å². The minimum Gasteiger partial charge on any atom is -0.497 e. The van der Waals surface area contributed by atoms with Crippen molar-refractivity contribution in [3.63, 3.8) is 0 Å². The number of halogens is 1. The Morgan fingerprint density at radius 3 is 2.69 bits per heavy atom. The van der Waals surface area contributed by atoms with Gasteiger partial charge in [-0.15, -0.1) is 12.4 Å². The lowest BCUT2D eigenvalue weighted by Gasteiger charge is -2.08. The van der Waals surface area contributed by atoms with E-state index in [0.717, 1.165) is 16.8 Å². The highest BCUT2D eigenvalue weighted by atomic mass is 35.5. The molecule has 0 bridgehead atoms. The second kappa shape index (κ2) is 7.05. The lowest BCUT2D eigenvalue weighted by molar-refractivity contribution is 0.414. The quantitative estimate of drug-likeness (QED) is 0.899. The van der Waals surface area contributed by atoms with Crippen molar-refractivity contribution in [1.29, 1.82) is 0 Å². The molecule has 16 heavy (non-hydrogen) atoms. The van der Waals surface area contributed by atoms with Crippen LogP contribution in [0.25, 0.3) is 0 Å². The van der Waals surface area contributed by atoms with Gasteiger partial charge in [-0.1, -0.05) is 12.1 Å². The first-order chi connectivity index (χ1) is 7.38. The van der Waals surface area contributed by atoms with Crippen LogP contribution in [0.5, 0.6) is 5.75 Å². The Kier molecular flexibility index (Phi) is 6.03. The van der Waals surface area contributed by atoms with Gasteiger partial charge < -0.3 is 10.1 Å².